The highest BCUT2D eigenvalue weighted by Crippen LogP contribution is 2.31. The molecule has 0 spiro atoms. The number of methoxy groups -OCH3 is 1. The van der Waals surface area contributed by atoms with Gasteiger partial charge in [-0.25, -0.2) is 9.97 Å². The van der Waals surface area contributed by atoms with E-state index >= 15 is 0 Å². The topological polar surface area (TPSA) is 58.5 Å². The summed E-state index contributed by atoms with van der Waals surface area (Å²) in [5, 5.41) is 1.13. The number of hydrogen-bond acceptors (Lipinski definition) is 4. The van der Waals surface area contributed by atoms with Crippen LogP contribution in [0.1, 0.15) is 32.1 Å². The molecule has 2 aliphatic rings. The molecule has 0 radical (unpaired) electrons. The quantitative estimate of drug-likeness (QED) is 0.746. The highest BCUT2D eigenvalue weighted by Gasteiger charge is 2.29. The SMILES string of the molecule is COc1ccc2c(c1)[nH]c1c(N3CC[NH+](C4CCCCC4)CC3)ncnc12. The first-order valence-corrected chi connectivity index (χ1v) is 10.2. The lowest BCUT2D eigenvalue weighted by atomic mass is 9.94. The summed E-state index contributed by atoms with van der Waals surface area (Å²) in [6, 6.07) is 6.98. The van der Waals surface area contributed by atoms with Gasteiger partial charge in [-0.1, -0.05) is 6.42 Å². The molecule has 1 saturated heterocycles. The Kier molecular flexibility index (Phi) is 4.36. The number of anilines is 1. The Labute approximate surface area is 159 Å². The fourth-order valence-corrected chi connectivity index (χ4v) is 4.96. The number of ether oxygens (including phenoxy) is 1. The van der Waals surface area contributed by atoms with Crippen LogP contribution in [0, 0.1) is 0 Å². The number of aromatic nitrogens is 3. The molecule has 0 bridgehead atoms. The third kappa shape index (κ3) is 3.02. The molecule has 1 aliphatic carbocycles. The van der Waals surface area contributed by atoms with E-state index in [0.29, 0.717) is 0 Å². The number of piperazine rings is 1. The van der Waals surface area contributed by atoms with Gasteiger partial charge in [-0.15, -0.1) is 0 Å². The Morgan fingerprint density at radius 1 is 1.11 bits per heavy atom. The zero-order chi connectivity index (χ0) is 18.2. The van der Waals surface area contributed by atoms with Crippen LogP contribution >= 0.6 is 0 Å². The minimum absolute atomic E-state index is 0.855. The third-order valence-corrected chi connectivity index (χ3v) is 6.46. The lowest BCUT2D eigenvalue weighted by Gasteiger charge is -2.38. The van der Waals surface area contributed by atoms with Crippen LogP contribution in [0.25, 0.3) is 21.9 Å². The van der Waals surface area contributed by atoms with Crippen LogP contribution in [-0.2, 0) is 0 Å². The summed E-state index contributed by atoms with van der Waals surface area (Å²) in [5.74, 6) is 1.89. The minimum Gasteiger partial charge on any atom is -0.497 e. The summed E-state index contributed by atoms with van der Waals surface area (Å²) in [5.41, 5.74) is 3.10. The maximum Gasteiger partial charge on any atom is 0.156 e. The van der Waals surface area contributed by atoms with E-state index in [9.17, 15) is 0 Å². The Morgan fingerprint density at radius 2 is 1.93 bits per heavy atom. The van der Waals surface area contributed by atoms with Gasteiger partial charge in [-0.05, 0) is 37.8 Å². The molecule has 3 aromatic rings. The van der Waals surface area contributed by atoms with Gasteiger partial charge in [0.25, 0.3) is 0 Å². The van der Waals surface area contributed by atoms with Crippen LogP contribution in [0.15, 0.2) is 24.5 Å². The van der Waals surface area contributed by atoms with Crippen LogP contribution in [0.3, 0.4) is 0 Å². The Bertz CT molecular complexity index is 938. The number of benzene rings is 1. The standard InChI is InChI=1S/C21H27N5O/c1-27-16-7-8-17-18(13-16)24-20-19(17)22-14-23-21(20)26-11-9-25(10-12-26)15-5-3-2-4-6-15/h7-8,13-15,24H,2-6,9-12H2,1H3/p+1. The van der Waals surface area contributed by atoms with Crippen molar-refractivity contribution < 1.29 is 9.64 Å². The van der Waals surface area contributed by atoms with Gasteiger partial charge in [0.2, 0.25) is 0 Å². The van der Waals surface area contributed by atoms with Crippen LogP contribution in [0.2, 0.25) is 0 Å². The summed E-state index contributed by atoms with van der Waals surface area (Å²) < 4.78 is 5.37. The van der Waals surface area contributed by atoms with Gasteiger partial charge in [0.05, 0.1) is 44.8 Å². The second kappa shape index (κ2) is 7.00. The molecular formula is C21H28N5O+. The first kappa shape index (κ1) is 16.8. The van der Waals surface area contributed by atoms with Crippen molar-refractivity contribution in [2.45, 2.75) is 38.1 Å². The van der Waals surface area contributed by atoms with Gasteiger partial charge in [-0.2, -0.15) is 0 Å². The predicted molar refractivity (Wildman–Crippen MR) is 108 cm³/mol. The summed E-state index contributed by atoms with van der Waals surface area (Å²) in [6.45, 7) is 4.56. The van der Waals surface area contributed by atoms with Gasteiger partial charge < -0.3 is 19.5 Å². The second-order valence-electron chi connectivity index (χ2n) is 7.94. The first-order valence-electron chi connectivity index (χ1n) is 10.2. The summed E-state index contributed by atoms with van der Waals surface area (Å²) in [7, 11) is 1.70. The Balaban J connectivity index is 1.42. The van der Waals surface area contributed by atoms with Gasteiger partial charge in [0.1, 0.15) is 23.1 Å². The Hall–Kier alpha value is -2.34. The van der Waals surface area contributed by atoms with Crippen molar-refractivity contribution in [3.8, 4) is 5.75 Å². The molecule has 3 heterocycles. The second-order valence-corrected chi connectivity index (χ2v) is 7.94. The van der Waals surface area contributed by atoms with Crippen molar-refractivity contribution in [2.75, 3.05) is 38.2 Å². The van der Waals surface area contributed by atoms with Crippen molar-refractivity contribution in [3.63, 3.8) is 0 Å². The molecule has 6 heteroatoms. The van der Waals surface area contributed by atoms with Gasteiger partial charge in [0.15, 0.2) is 5.82 Å². The highest BCUT2D eigenvalue weighted by molar-refractivity contribution is 6.08. The molecule has 2 fully saturated rings. The first-order chi connectivity index (χ1) is 13.3. The number of aromatic amines is 1. The average molecular weight is 366 g/mol. The number of nitrogens with zero attached hydrogens (tertiary/aromatic N) is 3. The summed E-state index contributed by atoms with van der Waals surface area (Å²) >= 11 is 0. The van der Waals surface area contributed by atoms with Crippen molar-refractivity contribution >= 4 is 27.8 Å². The van der Waals surface area contributed by atoms with E-state index in [1.165, 1.54) is 45.2 Å². The maximum absolute atomic E-state index is 5.37. The van der Waals surface area contributed by atoms with Crippen molar-refractivity contribution in [3.05, 3.63) is 24.5 Å². The van der Waals surface area contributed by atoms with Crippen LogP contribution in [0.4, 0.5) is 5.82 Å². The molecule has 0 unspecified atom stereocenters. The van der Waals surface area contributed by atoms with Crippen LogP contribution < -0.4 is 14.5 Å². The maximum atomic E-state index is 5.37. The Morgan fingerprint density at radius 3 is 2.70 bits per heavy atom. The molecule has 1 aliphatic heterocycles. The van der Waals surface area contributed by atoms with Crippen molar-refractivity contribution in [2.24, 2.45) is 0 Å². The fourth-order valence-electron chi connectivity index (χ4n) is 4.96. The van der Waals surface area contributed by atoms with Crippen molar-refractivity contribution in [1.82, 2.24) is 15.0 Å². The smallest absolute Gasteiger partial charge is 0.156 e. The molecule has 27 heavy (non-hydrogen) atoms. The fraction of sp³-hybridized carbons (Fsp3) is 0.524. The number of hydrogen-bond donors (Lipinski definition) is 2. The van der Waals surface area contributed by atoms with Gasteiger partial charge in [-0.3, -0.25) is 0 Å². The van der Waals surface area contributed by atoms with E-state index in [1.54, 1.807) is 18.3 Å². The molecule has 0 amide bonds. The average Bonchev–Trinajstić information content (AvgIpc) is 3.12. The normalized spacial score (nSPS) is 19.8. The van der Waals surface area contributed by atoms with Crippen LogP contribution in [-0.4, -0.2) is 54.3 Å². The minimum atomic E-state index is 0.855. The largest absolute Gasteiger partial charge is 0.497 e. The summed E-state index contributed by atoms with van der Waals surface area (Å²) in [4.78, 5) is 17.0. The monoisotopic (exact) mass is 366 g/mol. The molecule has 5 rings (SSSR count). The predicted octanol–water partition coefficient (Wildman–Crippen LogP) is 2.16. The number of fused-ring (bicyclic) bond motifs is 3. The van der Waals surface area contributed by atoms with E-state index < -0.39 is 0 Å². The van der Waals surface area contributed by atoms with Crippen LogP contribution in [0.5, 0.6) is 5.75 Å². The van der Waals surface area contributed by atoms with E-state index in [0.717, 1.165) is 52.6 Å². The number of H-pyrrole nitrogens is 1. The number of rotatable bonds is 3. The molecule has 2 N–H and O–H groups in total. The van der Waals surface area contributed by atoms with Gasteiger partial charge >= 0.3 is 0 Å². The summed E-state index contributed by atoms with van der Waals surface area (Å²) in [6.07, 6.45) is 8.80. The zero-order valence-electron chi connectivity index (χ0n) is 16.0. The molecule has 142 valence electrons. The number of nitrogens with one attached hydrogen (secondary N) is 2. The van der Waals surface area contributed by atoms with Crippen molar-refractivity contribution in [1.29, 1.82) is 0 Å². The van der Waals surface area contributed by atoms with E-state index in [-0.39, 0.29) is 0 Å². The lowest BCUT2D eigenvalue weighted by Crippen LogP contribution is -3.18. The molecule has 6 nitrogen and oxygen atoms in total. The third-order valence-electron chi connectivity index (χ3n) is 6.46. The number of quaternary nitrogens is 1. The zero-order valence-corrected chi connectivity index (χ0v) is 16.0. The molecule has 0 atom stereocenters. The molecule has 1 saturated carbocycles. The van der Waals surface area contributed by atoms with E-state index in [4.69, 9.17) is 4.74 Å². The molecule has 2 aromatic heterocycles. The molecule has 1 aromatic carbocycles. The van der Waals surface area contributed by atoms with Gasteiger partial charge in [0, 0.05) is 11.5 Å². The van der Waals surface area contributed by atoms with E-state index in [1.807, 2.05) is 12.1 Å². The highest BCUT2D eigenvalue weighted by atomic mass is 16.5. The van der Waals surface area contributed by atoms with E-state index in [2.05, 4.69) is 25.9 Å². The molecular weight excluding hydrogens is 338 g/mol. The lowest BCUT2D eigenvalue weighted by molar-refractivity contribution is -0.927.